The number of ether oxygens (including phenoxy) is 1. The predicted molar refractivity (Wildman–Crippen MR) is 137 cm³/mol. The fourth-order valence-electron chi connectivity index (χ4n) is 6.20. The number of carbonyl (C=O) groups is 2. The van der Waals surface area contributed by atoms with Crippen LogP contribution in [0.15, 0.2) is 71.3 Å². The Labute approximate surface area is 207 Å². The zero-order valence-electron chi connectivity index (χ0n) is 20.4. The van der Waals surface area contributed by atoms with Gasteiger partial charge in [0.05, 0.1) is 30.2 Å². The summed E-state index contributed by atoms with van der Waals surface area (Å²) in [6.07, 6.45) is 6.40. The van der Waals surface area contributed by atoms with Crippen molar-refractivity contribution in [2.75, 3.05) is 11.5 Å². The van der Waals surface area contributed by atoms with Crippen molar-refractivity contribution in [3.8, 4) is 5.75 Å². The third-order valence-corrected chi connectivity index (χ3v) is 7.76. The molecule has 5 rings (SSSR count). The molecule has 0 spiro atoms. The lowest BCUT2D eigenvalue weighted by atomic mass is 9.70. The van der Waals surface area contributed by atoms with Gasteiger partial charge in [-0.1, -0.05) is 67.0 Å². The van der Waals surface area contributed by atoms with Crippen LogP contribution in [0, 0.1) is 17.8 Å². The van der Waals surface area contributed by atoms with Gasteiger partial charge in [-0.15, -0.1) is 0 Å². The van der Waals surface area contributed by atoms with Gasteiger partial charge in [-0.05, 0) is 56.4 Å². The standard InChI is InChI=1S/C30H33NO4/c1-3-9-20(17-21-10-7-8-13-25(21)32)14-15-26-27-19(2)16-23-28(24(27)18-35-26)30(34)31(29(23)33)22-11-5-4-6-12-22/h4-8,10-13,17,23-24,26,28,32H,3,9,14-16,18H2,1-2H3/b20-17+/t23-,24+,26-,28-/m1/s1. The molecule has 2 aromatic carbocycles. The van der Waals surface area contributed by atoms with Crippen LogP contribution in [0.5, 0.6) is 5.75 Å². The molecule has 0 saturated carbocycles. The number of hydrogen-bond donors (Lipinski definition) is 1. The number of aromatic hydroxyl groups is 1. The fourth-order valence-corrected chi connectivity index (χ4v) is 6.20. The fraction of sp³-hybridized carbons (Fsp3) is 0.400. The summed E-state index contributed by atoms with van der Waals surface area (Å²) in [5.41, 5.74) is 5.23. The van der Waals surface area contributed by atoms with Gasteiger partial charge in [-0.3, -0.25) is 14.5 Å². The Kier molecular flexibility index (Phi) is 6.61. The van der Waals surface area contributed by atoms with Gasteiger partial charge in [0.2, 0.25) is 11.8 Å². The van der Waals surface area contributed by atoms with Gasteiger partial charge in [0, 0.05) is 11.5 Å². The number of imide groups is 1. The second kappa shape index (κ2) is 9.82. The molecule has 0 unspecified atom stereocenters. The molecule has 2 heterocycles. The number of amides is 2. The minimum Gasteiger partial charge on any atom is -0.507 e. The highest BCUT2D eigenvalue weighted by Crippen LogP contribution is 2.50. The molecular weight excluding hydrogens is 438 g/mol. The Morgan fingerprint density at radius 1 is 1.03 bits per heavy atom. The quantitative estimate of drug-likeness (QED) is 0.403. The number of phenols is 1. The molecule has 1 aliphatic carbocycles. The van der Waals surface area contributed by atoms with Crippen molar-refractivity contribution >= 4 is 23.6 Å². The van der Waals surface area contributed by atoms with Gasteiger partial charge in [0.15, 0.2) is 0 Å². The van der Waals surface area contributed by atoms with E-state index in [0.717, 1.165) is 31.2 Å². The number of nitrogens with zero attached hydrogens (tertiary/aromatic N) is 1. The molecule has 5 heteroatoms. The number of para-hydroxylation sites is 2. The summed E-state index contributed by atoms with van der Waals surface area (Å²) in [6, 6.07) is 16.7. The Morgan fingerprint density at radius 2 is 1.77 bits per heavy atom. The maximum atomic E-state index is 13.5. The maximum absolute atomic E-state index is 13.5. The average Bonchev–Trinajstić information content (AvgIpc) is 3.39. The number of carbonyl (C=O) groups excluding carboxylic acids is 2. The normalized spacial score (nSPS) is 26.3. The van der Waals surface area contributed by atoms with Crippen molar-refractivity contribution in [3.63, 3.8) is 0 Å². The van der Waals surface area contributed by atoms with Crippen LogP contribution in [0.3, 0.4) is 0 Å². The van der Waals surface area contributed by atoms with E-state index in [1.807, 2.05) is 48.5 Å². The molecule has 0 radical (unpaired) electrons. The molecular formula is C30H33NO4. The van der Waals surface area contributed by atoms with Crippen LogP contribution >= 0.6 is 0 Å². The van der Waals surface area contributed by atoms with E-state index in [4.69, 9.17) is 4.74 Å². The zero-order valence-corrected chi connectivity index (χ0v) is 20.4. The SMILES string of the molecule is CCC/C(=C\c1ccccc1O)CC[C@H]1OC[C@H]2C1=C(C)C[C@H]1C(=O)N(c3ccccc3)C(=O)[C@H]12. The number of rotatable bonds is 7. The number of hydrogen-bond acceptors (Lipinski definition) is 4. The minimum atomic E-state index is -0.335. The minimum absolute atomic E-state index is 0.0271. The highest BCUT2D eigenvalue weighted by atomic mass is 16.5. The van der Waals surface area contributed by atoms with Crippen molar-refractivity contribution in [2.45, 2.75) is 52.1 Å². The van der Waals surface area contributed by atoms with Crippen molar-refractivity contribution in [1.29, 1.82) is 0 Å². The Bertz CT molecular complexity index is 1180. The number of anilines is 1. The van der Waals surface area contributed by atoms with Crippen LogP contribution in [0.2, 0.25) is 0 Å². The van der Waals surface area contributed by atoms with Crippen LogP contribution in [0.4, 0.5) is 5.69 Å². The molecule has 2 fully saturated rings. The molecule has 0 aromatic heterocycles. The van der Waals surface area contributed by atoms with Crippen molar-refractivity contribution < 1.29 is 19.4 Å². The van der Waals surface area contributed by atoms with Gasteiger partial charge in [0.1, 0.15) is 5.75 Å². The lowest BCUT2D eigenvalue weighted by molar-refractivity contribution is -0.122. The number of allylic oxidation sites excluding steroid dienone is 2. The molecule has 182 valence electrons. The van der Waals surface area contributed by atoms with Gasteiger partial charge < -0.3 is 9.84 Å². The first-order valence-electron chi connectivity index (χ1n) is 12.7. The van der Waals surface area contributed by atoms with Gasteiger partial charge >= 0.3 is 0 Å². The summed E-state index contributed by atoms with van der Waals surface area (Å²) in [5, 5.41) is 10.2. The van der Waals surface area contributed by atoms with Crippen molar-refractivity contribution in [1.82, 2.24) is 0 Å². The van der Waals surface area contributed by atoms with E-state index >= 15 is 0 Å². The molecule has 2 aliphatic heterocycles. The maximum Gasteiger partial charge on any atom is 0.238 e. The second-order valence-electron chi connectivity index (χ2n) is 10.00. The lowest BCUT2D eigenvalue weighted by Crippen LogP contribution is -2.34. The van der Waals surface area contributed by atoms with Crippen LogP contribution < -0.4 is 4.90 Å². The smallest absolute Gasteiger partial charge is 0.238 e. The van der Waals surface area contributed by atoms with E-state index in [1.165, 1.54) is 21.6 Å². The molecule has 5 nitrogen and oxygen atoms in total. The van der Waals surface area contributed by atoms with E-state index in [1.54, 1.807) is 6.07 Å². The summed E-state index contributed by atoms with van der Waals surface area (Å²) in [4.78, 5) is 28.2. The molecule has 0 bridgehead atoms. The van der Waals surface area contributed by atoms with Crippen molar-refractivity contribution in [3.05, 3.63) is 76.9 Å². The van der Waals surface area contributed by atoms with E-state index in [2.05, 4.69) is 19.9 Å². The third-order valence-electron chi connectivity index (χ3n) is 7.76. The summed E-state index contributed by atoms with van der Waals surface area (Å²) in [7, 11) is 0. The first-order valence-corrected chi connectivity index (χ1v) is 12.7. The Balaban J connectivity index is 1.34. The van der Waals surface area contributed by atoms with Gasteiger partial charge in [0.25, 0.3) is 0 Å². The number of benzene rings is 2. The Hall–Kier alpha value is -3.18. The number of phenolic OH excluding ortho intramolecular Hbond substituents is 1. The van der Waals surface area contributed by atoms with E-state index in [-0.39, 0.29) is 35.7 Å². The zero-order chi connectivity index (χ0) is 24.5. The number of fused-ring (bicyclic) bond motifs is 3. The molecule has 2 saturated heterocycles. The van der Waals surface area contributed by atoms with Crippen molar-refractivity contribution in [2.24, 2.45) is 17.8 Å². The summed E-state index contributed by atoms with van der Waals surface area (Å²) in [5.74, 6) is -0.530. The van der Waals surface area contributed by atoms with Gasteiger partial charge in [-0.2, -0.15) is 0 Å². The lowest BCUT2D eigenvalue weighted by Gasteiger charge is -2.30. The molecule has 2 aromatic rings. The van der Waals surface area contributed by atoms with Crippen LogP contribution in [-0.2, 0) is 14.3 Å². The summed E-state index contributed by atoms with van der Waals surface area (Å²) >= 11 is 0. The van der Waals surface area contributed by atoms with Crippen LogP contribution in [-0.4, -0.2) is 29.6 Å². The molecule has 4 atom stereocenters. The van der Waals surface area contributed by atoms with Crippen LogP contribution in [0.25, 0.3) is 6.08 Å². The van der Waals surface area contributed by atoms with Gasteiger partial charge in [-0.25, -0.2) is 0 Å². The second-order valence-corrected chi connectivity index (χ2v) is 10.00. The van der Waals surface area contributed by atoms with Crippen LogP contribution in [0.1, 0.15) is 51.5 Å². The monoisotopic (exact) mass is 471 g/mol. The molecule has 35 heavy (non-hydrogen) atoms. The van der Waals surface area contributed by atoms with E-state index in [0.29, 0.717) is 24.5 Å². The molecule has 1 N–H and O–H groups in total. The highest BCUT2D eigenvalue weighted by molar-refractivity contribution is 6.22. The largest absolute Gasteiger partial charge is 0.507 e. The third kappa shape index (κ3) is 4.34. The van der Waals surface area contributed by atoms with E-state index < -0.39 is 0 Å². The molecule has 3 aliphatic rings. The van der Waals surface area contributed by atoms with E-state index in [9.17, 15) is 14.7 Å². The Morgan fingerprint density at radius 3 is 2.51 bits per heavy atom. The summed E-state index contributed by atoms with van der Waals surface area (Å²) < 4.78 is 6.29. The average molecular weight is 472 g/mol. The summed E-state index contributed by atoms with van der Waals surface area (Å²) in [6.45, 7) is 4.76. The first kappa shape index (κ1) is 23.6. The highest BCUT2D eigenvalue weighted by Gasteiger charge is 2.56. The molecule has 2 amide bonds. The first-order chi connectivity index (χ1) is 17.0. The topological polar surface area (TPSA) is 66.8 Å². The predicted octanol–water partition coefficient (Wildman–Crippen LogP) is 5.90.